The van der Waals surface area contributed by atoms with Gasteiger partial charge >= 0.3 is 5.97 Å². The van der Waals surface area contributed by atoms with Crippen LogP contribution in [-0.4, -0.2) is 12.6 Å². The maximum absolute atomic E-state index is 10.2. The number of carbonyl (C=O) groups is 1. The Kier molecular flexibility index (Phi) is 4.10. The highest BCUT2D eigenvalue weighted by Crippen LogP contribution is 2.11. The molecule has 1 aliphatic heterocycles. The first-order valence-electron chi connectivity index (χ1n) is 3.44. The Morgan fingerprint density at radius 1 is 1.56 bits per heavy atom. The van der Waals surface area contributed by atoms with Crippen molar-refractivity contribution in [2.45, 2.75) is 27.2 Å². The standard InChI is InChI=1S/C5H8O2.C2H6/c1-4-2-5(6)7-3-4;1-2/h4H,2-3H2,1H3;1-2H3. The number of cyclic esters (lactones) is 1. The number of esters is 1. The van der Waals surface area contributed by atoms with E-state index in [4.69, 9.17) is 0 Å². The van der Waals surface area contributed by atoms with E-state index in [0.29, 0.717) is 18.9 Å². The van der Waals surface area contributed by atoms with Crippen molar-refractivity contribution in [3.63, 3.8) is 0 Å². The minimum absolute atomic E-state index is 0.0486. The molecule has 1 heterocycles. The molecule has 1 rings (SSSR count). The third-order valence-corrected chi connectivity index (χ3v) is 1.04. The van der Waals surface area contributed by atoms with Crippen LogP contribution in [0.1, 0.15) is 27.2 Å². The van der Waals surface area contributed by atoms with Crippen molar-refractivity contribution in [2.75, 3.05) is 6.61 Å². The summed E-state index contributed by atoms with van der Waals surface area (Å²) in [5.74, 6) is 0.403. The number of hydrogen-bond acceptors (Lipinski definition) is 2. The van der Waals surface area contributed by atoms with Gasteiger partial charge in [-0.25, -0.2) is 0 Å². The summed E-state index contributed by atoms with van der Waals surface area (Å²) >= 11 is 0. The molecule has 2 nitrogen and oxygen atoms in total. The second kappa shape index (κ2) is 4.36. The zero-order valence-electron chi connectivity index (χ0n) is 6.31. The molecule has 0 aromatic carbocycles. The van der Waals surface area contributed by atoms with Crippen LogP contribution in [-0.2, 0) is 9.53 Å². The fraction of sp³-hybridized carbons (Fsp3) is 0.857. The molecule has 0 aromatic rings. The van der Waals surface area contributed by atoms with Gasteiger partial charge in [-0.05, 0) is 0 Å². The Labute approximate surface area is 56.2 Å². The summed E-state index contributed by atoms with van der Waals surface area (Å²) in [6.45, 7) is 6.63. The van der Waals surface area contributed by atoms with Crippen LogP contribution in [0, 0.1) is 5.92 Å². The van der Waals surface area contributed by atoms with Gasteiger partial charge in [0.05, 0.1) is 13.0 Å². The van der Waals surface area contributed by atoms with Crippen molar-refractivity contribution in [1.82, 2.24) is 0 Å². The van der Waals surface area contributed by atoms with Crippen LogP contribution in [0.4, 0.5) is 0 Å². The van der Waals surface area contributed by atoms with Gasteiger partial charge in [0.1, 0.15) is 0 Å². The second-order valence-corrected chi connectivity index (χ2v) is 1.99. The molecule has 0 N–H and O–H groups in total. The lowest BCUT2D eigenvalue weighted by atomic mass is 10.2. The molecule has 0 radical (unpaired) electrons. The smallest absolute Gasteiger partial charge is 0.306 e. The summed E-state index contributed by atoms with van der Waals surface area (Å²) in [6, 6.07) is 0. The highest BCUT2D eigenvalue weighted by Gasteiger charge is 2.18. The SMILES string of the molecule is CC.CC1COC(=O)C1. The Morgan fingerprint density at radius 2 is 2.11 bits per heavy atom. The lowest BCUT2D eigenvalue weighted by molar-refractivity contribution is -0.137. The molecule has 1 aliphatic rings. The normalized spacial score (nSPS) is 24.3. The second-order valence-electron chi connectivity index (χ2n) is 1.99. The van der Waals surface area contributed by atoms with Crippen molar-refractivity contribution >= 4 is 5.97 Å². The molecule has 1 fully saturated rings. The van der Waals surface area contributed by atoms with E-state index in [1.807, 2.05) is 20.8 Å². The van der Waals surface area contributed by atoms with Gasteiger partial charge in [-0.15, -0.1) is 0 Å². The van der Waals surface area contributed by atoms with E-state index in [1.165, 1.54) is 0 Å². The van der Waals surface area contributed by atoms with Crippen LogP contribution < -0.4 is 0 Å². The molecular weight excluding hydrogens is 116 g/mol. The Hall–Kier alpha value is -0.530. The molecule has 9 heavy (non-hydrogen) atoms. The largest absolute Gasteiger partial charge is 0.465 e. The van der Waals surface area contributed by atoms with E-state index < -0.39 is 0 Å². The summed E-state index contributed by atoms with van der Waals surface area (Å²) in [5, 5.41) is 0. The van der Waals surface area contributed by atoms with Gasteiger partial charge < -0.3 is 4.74 Å². The Morgan fingerprint density at radius 3 is 2.22 bits per heavy atom. The molecule has 2 heteroatoms. The molecule has 1 unspecified atom stereocenters. The van der Waals surface area contributed by atoms with E-state index in [0.717, 1.165) is 0 Å². The van der Waals surface area contributed by atoms with Crippen molar-refractivity contribution < 1.29 is 9.53 Å². The topological polar surface area (TPSA) is 26.3 Å². The molecule has 54 valence electrons. The maximum atomic E-state index is 10.2. The van der Waals surface area contributed by atoms with Gasteiger partial charge in [-0.3, -0.25) is 4.79 Å². The first-order valence-corrected chi connectivity index (χ1v) is 3.44. The first kappa shape index (κ1) is 8.47. The average molecular weight is 130 g/mol. The maximum Gasteiger partial charge on any atom is 0.306 e. The van der Waals surface area contributed by atoms with E-state index >= 15 is 0 Å². The molecule has 0 aliphatic carbocycles. The highest BCUT2D eigenvalue weighted by atomic mass is 16.5. The summed E-state index contributed by atoms with van der Waals surface area (Å²) in [4.78, 5) is 10.2. The third-order valence-electron chi connectivity index (χ3n) is 1.04. The first-order chi connectivity index (χ1) is 4.29. The van der Waals surface area contributed by atoms with Crippen molar-refractivity contribution in [3.05, 3.63) is 0 Å². The van der Waals surface area contributed by atoms with Gasteiger partial charge in [-0.2, -0.15) is 0 Å². The lowest BCUT2D eigenvalue weighted by Crippen LogP contribution is -1.88. The van der Waals surface area contributed by atoms with Crippen LogP contribution >= 0.6 is 0 Å². The molecule has 0 aromatic heterocycles. The van der Waals surface area contributed by atoms with Gasteiger partial charge in [0.2, 0.25) is 0 Å². The monoisotopic (exact) mass is 130 g/mol. The predicted octanol–water partition coefficient (Wildman–Crippen LogP) is 1.60. The molecular formula is C7H14O2. The zero-order chi connectivity index (χ0) is 7.28. The van der Waals surface area contributed by atoms with Gasteiger partial charge in [0.25, 0.3) is 0 Å². The molecule has 0 amide bonds. The Balaban J connectivity index is 0.000000291. The average Bonchev–Trinajstić information content (AvgIpc) is 2.20. The minimum atomic E-state index is -0.0486. The number of hydrogen-bond donors (Lipinski definition) is 0. The van der Waals surface area contributed by atoms with Gasteiger partial charge in [0, 0.05) is 5.92 Å². The molecule has 0 saturated carbocycles. The summed E-state index contributed by atoms with van der Waals surface area (Å²) in [5.41, 5.74) is 0. The van der Waals surface area contributed by atoms with Crippen LogP contribution in [0.15, 0.2) is 0 Å². The van der Waals surface area contributed by atoms with Gasteiger partial charge in [-0.1, -0.05) is 20.8 Å². The molecule has 1 saturated heterocycles. The fourth-order valence-corrected chi connectivity index (χ4v) is 0.638. The number of ether oxygens (including phenoxy) is 1. The molecule has 0 spiro atoms. The fourth-order valence-electron chi connectivity index (χ4n) is 0.638. The zero-order valence-corrected chi connectivity index (χ0v) is 6.31. The van der Waals surface area contributed by atoms with Crippen LogP contribution in [0.2, 0.25) is 0 Å². The number of rotatable bonds is 0. The van der Waals surface area contributed by atoms with Crippen molar-refractivity contribution in [2.24, 2.45) is 5.92 Å². The van der Waals surface area contributed by atoms with E-state index in [2.05, 4.69) is 4.74 Å². The van der Waals surface area contributed by atoms with E-state index in [9.17, 15) is 4.79 Å². The minimum Gasteiger partial charge on any atom is -0.465 e. The van der Waals surface area contributed by atoms with E-state index in [-0.39, 0.29) is 5.97 Å². The van der Waals surface area contributed by atoms with Gasteiger partial charge in [0.15, 0.2) is 0 Å². The molecule has 0 bridgehead atoms. The highest BCUT2D eigenvalue weighted by molar-refractivity contribution is 5.71. The van der Waals surface area contributed by atoms with Crippen LogP contribution in [0.25, 0.3) is 0 Å². The van der Waals surface area contributed by atoms with Crippen molar-refractivity contribution in [3.8, 4) is 0 Å². The van der Waals surface area contributed by atoms with Crippen LogP contribution in [0.3, 0.4) is 0 Å². The Bertz CT molecular complexity index is 88.9. The van der Waals surface area contributed by atoms with E-state index in [1.54, 1.807) is 0 Å². The summed E-state index contributed by atoms with van der Waals surface area (Å²) in [6.07, 6.45) is 0.611. The third kappa shape index (κ3) is 3.12. The predicted molar refractivity (Wildman–Crippen MR) is 36.1 cm³/mol. The quantitative estimate of drug-likeness (QED) is 0.465. The summed E-state index contributed by atoms with van der Waals surface area (Å²) in [7, 11) is 0. The molecule has 1 atom stereocenters. The van der Waals surface area contributed by atoms with Crippen LogP contribution in [0.5, 0.6) is 0 Å². The number of carbonyl (C=O) groups excluding carboxylic acids is 1. The lowest BCUT2D eigenvalue weighted by Gasteiger charge is -1.87. The van der Waals surface area contributed by atoms with Crippen molar-refractivity contribution in [1.29, 1.82) is 0 Å². The summed E-state index contributed by atoms with van der Waals surface area (Å²) < 4.78 is 4.63.